The summed E-state index contributed by atoms with van der Waals surface area (Å²) in [6.45, 7) is 7.38. The van der Waals surface area contributed by atoms with Gasteiger partial charge in [0.15, 0.2) is 11.5 Å². The number of ether oxygens (including phenoxy) is 2. The van der Waals surface area contributed by atoms with Crippen molar-refractivity contribution >= 4 is 11.6 Å². The molecule has 0 atom stereocenters. The number of hydrogen-bond acceptors (Lipinski definition) is 3. The Morgan fingerprint density at radius 2 is 1.91 bits per heavy atom. The Hall–Kier alpha value is -0.930. The molecule has 3 nitrogen and oxygen atoms in total. The summed E-state index contributed by atoms with van der Waals surface area (Å²) >= 11 is 6.43. The zero-order valence-electron chi connectivity index (χ0n) is 14.0. The van der Waals surface area contributed by atoms with Crippen molar-refractivity contribution in [3.8, 4) is 11.5 Å². The van der Waals surface area contributed by atoms with Gasteiger partial charge in [-0.1, -0.05) is 30.9 Å². The van der Waals surface area contributed by atoms with E-state index in [0.717, 1.165) is 28.6 Å². The Morgan fingerprint density at radius 3 is 2.55 bits per heavy atom. The van der Waals surface area contributed by atoms with Crippen molar-refractivity contribution in [1.29, 1.82) is 0 Å². The van der Waals surface area contributed by atoms with Gasteiger partial charge in [-0.15, -0.1) is 0 Å². The van der Waals surface area contributed by atoms with Gasteiger partial charge in [-0.2, -0.15) is 0 Å². The predicted octanol–water partition coefficient (Wildman–Crippen LogP) is 4.95. The van der Waals surface area contributed by atoms with E-state index >= 15 is 0 Å². The highest BCUT2D eigenvalue weighted by Gasteiger charge is 2.15. The summed E-state index contributed by atoms with van der Waals surface area (Å²) in [5.74, 6) is 1.50. The van der Waals surface area contributed by atoms with Gasteiger partial charge in [-0.25, -0.2) is 0 Å². The van der Waals surface area contributed by atoms with Crippen LogP contribution in [0.15, 0.2) is 12.1 Å². The monoisotopic (exact) mass is 325 g/mol. The Balaban J connectivity index is 2.07. The lowest BCUT2D eigenvalue weighted by molar-refractivity contribution is 0.223. The second kappa shape index (κ2) is 8.64. The van der Waals surface area contributed by atoms with E-state index < -0.39 is 0 Å². The Labute approximate surface area is 139 Å². The molecule has 1 aliphatic carbocycles. The summed E-state index contributed by atoms with van der Waals surface area (Å²) in [5.41, 5.74) is 1.08. The lowest BCUT2D eigenvalue weighted by Gasteiger charge is -2.23. The molecular formula is C18H28ClNO2. The van der Waals surface area contributed by atoms with Gasteiger partial charge >= 0.3 is 0 Å². The maximum atomic E-state index is 6.43. The first-order chi connectivity index (χ1) is 10.6. The molecule has 22 heavy (non-hydrogen) atoms. The van der Waals surface area contributed by atoms with Crippen molar-refractivity contribution in [2.75, 3.05) is 6.61 Å². The van der Waals surface area contributed by atoms with E-state index in [1.165, 1.54) is 32.1 Å². The van der Waals surface area contributed by atoms with E-state index in [1.54, 1.807) is 0 Å². The molecular weight excluding hydrogens is 298 g/mol. The van der Waals surface area contributed by atoms with E-state index in [4.69, 9.17) is 21.1 Å². The number of nitrogens with one attached hydrogen (secondary N) is 1. The molecule has 1 saturated carbocycles. The van der Waals surface area contributed by atoms with Crippen LogP contribution in [0.1, 0.15) is 58.4 Å². The molecule has 0 aliphatic heterocycles. The largest absolute Gasteiger partial charge is 0.490 e. The maximum Gasteiger partial charge on any atom is 0.163 e. The van der Waals surface area contributed by atoms with E-state index in [-0.39, 0.29) is 6.10 Å². The van der Waals surface area contributed by atoms with Crippen LogP contribution in [0.25, 0.3) is 0 Å². The molecule has 2 rings (SSSR count). The van der Waals surface area contributed by atoms with Crippen molar-refractivity contribution in [2.45, 2.75) is 71.6 Å². The fourth-order valence-electron chi connectivity index (χ4n) is 2.89. The van der Waals surface area contributed by atoms with Crippen LogP contribution in [0, 0.1) is 0 Å². The Bertz CT molecular complexity index is 470. The molecule has 0 spiro atoms. The average Bonchev–Trinajstić information content (AvgIpc) is 2.49. The highest BCUT2D eigenvalue weighted by molar-refractivity contribution is 6.31. The van der Waals surface area contributed by atoms with Crippen LogP contribution < -0.4 is 14.8 Å². The number of rotatable bonds is 7. The Morgan fingerprint density at radius 1 is 1.18 bits per heavy atom. The third kappa shape index (κ3) is 5.06. The minimum Gasteiger partial charge on any atom is -0.490 e. The second-order valence-corrected chi connectivity index (χ2v) is 6.61. The van der Waals surface area contributed by atoms with Gasteiger partial charge in [0, 0.05) is 23.7 Å². The summed E-state index contributed by atoms with van der Waals surface area (Å²) < 4.78 is 11.5. The summed E-state index contributed by atoms with van der Waals surface area (Å²) in [7, 11) is 0. The quantitative estimate of drug-likeness (QED) is 0.769. The molecule has 1 N–H and O–H groups in total. The van der Waals surface area contributed by atoms with Gasteiger partial charge in [0.25, 0.3) is 0 Å². The van der Waals surface area contributed by atoms with Crippen LogP contribution in [0.3, 0.4) is 0 Å². The fourth-order valence-corrected chi connectivity index (χ4v) is 3.11. The molecule has 0 unspecified atom stereocenters. The lowest BCUT2D eigenvalue weighted by atomic mass is 9.95. The molecule has 1 fully saturated rings. The fraction of sp³-hybridized carbons (Fsp3) is 0.667. The molecule has 0 bridgehead atoms. The third-order valence-corrected chi connectivity index (χ3v) is 4.31. The minimum atomic E-state index is 0.0986. The third-order valence-electron chi connectivity index (χ3n) is 3.96. The first kappa shape index (κ1) is 17.4. The molecule has 0 heterocycles. The van der Waals surface area contributed by atoms with Gasteiger partial charge < -0.3 is 14.8 Å². The van der Waals surface area contributed by atoms with E-state index in [2.05, 4.69) is 5.32 Å². The molecule has 1 aromatic carbocycles. The average molecular weight is 326 g/mol. The van der Waals surface area contributed by atoms with Gasteiger partial charge in [0.2, 0.25) is 0 Å². The van der Waals surface area contributed by atoms with E-state index in [0.29, 0.717) is 12.6 Å². The van der Waals surface area contributed by atoms with E-state index in [9.17, 15) is 0 Å². The van der Waals surface area contributed by atoms with Gasteiger partial charge in [-0.05, 0) is 45.2 Å². The molecule has 1 aliphatic rings. The predicted molar refractivity (Wildman–Crippen MR) is 92.1 cm³/mol. The van der Waals surface area contributed by atoms with Crippen LogP contribution in [0.5, 0.6) is 11.5 Å². The summed E-state index contributed by atoms with van der Waals surface area (Å²) in [5, 5.41) is 4.37. The van der Waals surface area contributed by atoms with Crippen LogP contribution in [0.2, 0.25) is 5.02 Å². The van der Waals surface area contributed by atoms with Crippen LogP contribution in [0.4, 0.5) is 0 Å². The number of halogens is 1. The zero-order valence-corrected chi connectivity index (χ0v) is 14.7. The standard InChI is InChI=1S/C18H28ClNO2/c1-4-21-17-10-14(12-20-15-8-6-5-7-9-15)16(19)11-18(17)22-13(2)3/h10-11,13,15,20H,4-9,12H2,1-3H3. The van der Waals surface area contributed by atoms with E-state index in [1.807, 2.05) is 32.9 Å². The van der Waals surface area contributed by atoms with Crippen molar-refractivity contribution < 1.29 is 9.47 Å². The van der Waals surface area contributed by atoms with Crippen molar-refractivity contribution in [3.05, 3.63) is 22.7 Å². The first-order valence-electron chi connectivity index (χ1n) is 8.45. The van der Waals surface area contributed by atoms with Crippen molar-refractivity contribution in [1.82, 2.24) is 5.32 Å². The molecule has 0 aromatic heterocycles. The highest BCUT2D eigenvalue weighted by Crippen LogP contribution is 2.34. The zero-order chi connectivity index (χ0) is 15.9. The summed E-state index contributed by atoms with van der Waals surface area (Å²) in [4.78, 5) is 0. The van der Waals surface area contributed by atoms with Crippen molar-refractivity contribution in [3.63, 3.8) is 0 Å². The summed E-state index contributed by atoms with van der Waals surface area (Å²) in [6, 6.07) is 4.51. The molecule has 0 radical (unpaired) electrons. The van der Waals surface area contributed by atoms with Gasteiger partial charge in [-0.3, -0.25) is 0 Å². The topological polar surface area (TPSA) is 30.5 Å². The first-order valence-corrected chi connectivity index (χ1v) is 8.83. The van der Waals surface area contributed by atoms with Gasteiger partial charge in [0.05, 0.1) is 12.7 Å². The normalized spacial score (nSPS) is 16.0. The summed E-state index contributed by atoms with van der Waals surface area (Å²) in [6.07, 6.45) is 6.67. The lowest BCUT2D eigenvalue weighted by Crippen LogP contribution is -2.30. The maximum absolute atomic E-state index is 6.43. The second-order valence-electron chi connectivity index (χ2n) is 6.21. The van der Waals surface area contributed by atoms with Crippen LogP contribution >= 0.6 is 11.6 Å². The van der Waals surface area contributed by atoms with Crippen LogP contribution in [-0.2, 0) is 6.54 Å². The Kier molecular flexibility index (Phi) is 6.84. The SMILES string of the molecule is CCOc1cc(CNC2CCCCC2)c(Cl)cc1OC(C)C. The molecule has 124 valence electrons. The van der Waals surface area contributed by atoms with Crippen LogP contribution in [-0.4, -0.2) is 18.8 Å². The molecule has 0 amide bonds. The molecule has 1 aromatic rings. The van der Waals surface area contributed by atoms with Gasteiger partial charge in [0.1, 0.15) is 0 Å². The highest BCUT2D eigenvalue weighted by atomic mass is 35.5. The number of benzene rings is 1. The molecule has 4 heteroatoms. The minimum absolute atomic E-state index is 0.0986. The number of hydrogen-bond donors (Lipinski definition) is 1. The smallest absolute Gasteiger partial charge is 0.163 e. The van der Waals surface area contributed by atoms with Crippen molar-refractivity contribution in [2.24, 2.45) is 0 Å². The molecule has 0 saturated heterocycles.